The second-order valence-corrected chi connectivity index (χ2v) is 5.22. The molecule has 0 saturated heterocycles. The van der Waals surface area contributed by atoms with E-state index in [4.69, 9.17) is 17.3 Å². The van der Waals surface area contributed by atoms with Gasteiger partial charge in [0.25, 0.3) is 0 Å². The Hall–Kier alpha value is -1.06. The molecule has 0 aliphatic rings. The maximum atomic E-state index is 11.9. The van der Waals surface area contributed by atoms with Gasteiger partial charge in [-0.2, -0.15) is 0 Å². The molecule has 1 unspecified atom stereocenters. The molecule has 0 fully saturated rings. The Morgan fingerprint density at radius 2 is 2.05 bits per heavy atom. The van der Waals surface area contributed by atoms with Crippen LogP contribution in [0.3, 0.4) is 0 Å². The summed E-state index contributed by atoms with van der Waals surface area (Å²) in [5, 5.41) is 2.91. The fraction of sp³-hybridized carbons (Fsp3) is 0.533. The van der Waals surface area contributed by atoms with Gasteiger partial charge in [0.05, 0.1) is 5.54 Å². The van der Waals surface area contributed by atoms with Crippen LogP contribution >= 0.6 is 11.6 Å². The molecule has 106 valence electrons. The molecule has 0 aliphatic heterocycles. The molecule has 1 amide bonds. The van der Waals surface area contributed by atoms with Gasteiger partial charge >= 0.3 is 0 Å². The van der Waals surface area contributed by atoms with Gasteiger partial charge in [-0.1, -0.05) is 43.7 Å². The minimum absolute atomic E-state index is 0.00933. The highest BCUT2D eigenvalue weighted by molar-refractivity contribution is 6.17. The van der Waals surface area contributed by atoms with E-state index in [9.17, 15) is 4.79 Å². The Bertz CT molecular complexity index is 383. The normalized spacial score (nSPS) is 13.8. The summed E-state index contributed by atoms with van der Waals surface area (Å²) in [6.45, 7) is 2.80. The summed E-state index contributed by atoms with van der Waals surface area (Å²) in [6.07, 6.45) is 2.91. The summed E-state index contributed by atoms with van der Waals surface area (Å²) < 4.78 is 0. The molecule has 1 rings (SSSR count). The van der Waals surface area contributed by atoms with Gasteiger partial charge in [0, 0.05) is 18.8 Å². The first-order valence-corrected chi connectivity index (χ1v) is 7.33. The summed E-state index contributed by atoms with van der Waals surface area (Å²) in [5.41, 5.74) is 6.67. The van der Waals surface area contributed by atoms with Crippen LogP contribution in [0, 0.1) is 0 Å². The Balaban J connectivity index is 2.69. The zero-order valence-corrected chi connectivity index (χ0v) is 12.2. The van der Waals surface area contributed by atoms with Crippen LogP contribution in [0.4, 0.5) is 0 Å². The van der Waals surface area contributed by atoms with E-state index < -0.39 is 5.54 Å². The average Bonchev–Trinajstić information content (AvgIpc) is 2.40. The fourth-order valence-corrected chi connectivity index (χ4v) is 2.36. The van der Waals surface area contributed by atoms with E-state index in [1.165, 1.54) is 0 Å². The minimum atomic E-state index is -0.681. The Kier molecular flexibility index (Phi) is 6.89. The molecule has 0 aliphatic carbocycles. The molecule has 0 aromatic heterocycles. The lowest BCUT2D eigenvalue weighted by Gasteiger charge is -2.29. The van der Waals surface area contributed by atoms with Crippen molar-refractivity contribution in [1.29, 1.82) is 0 Å². The SMILES string of the molecule is CCCCNC(=O)CC(N)(CCCl)c1ccccc1. The first-order valence-electron chi connectivity index (χ1n) is 6.79. The van der Waals surface area contributed by atoms with Crippen LogP contribution in [0.25, 0.3) is 0 Å². The summed E-state index contributed by atoms with van der Waals surface area (Å²) in [7, 11) is 0. The van der Waals surface area contributed by atoms with E-state index in [0.29, 0.717) is 18.8 Å². The molecule has 0 saturated carbocycles. The highest BCUT2D eigenvalue weighted by atomic mass is 35.5. The van der Waals surface area contributed by atoms with Crippen LogP contribution in [0.2, 0.25) is 0 Å². The first-order chi connectivity index (χ1) is 9.12. The number of amides is 1. The van der Waals surface area contributed by atoms with Gasteiger partial charge in [-0.15, -0.1) is 11.6 Å². The number of rotatable bonds is 8. The van der Waals surface area contributed by atoms with Crippen molar-refractivity contribution in [1.82, 2.24) is 5.32 Å². The molecule has 0 spiro atoms. The molecule has 3 N–H and O–H groups in total. The molecule has 19 heavy (non-hydrogen) atoms. The van der Waals surface area contributed by atoms with Crippen molar-refractivity contribution >= 4 is 17.5 Å². The standard InChI is InChI=1S/C15H23ClN2O/c1-2-3-11-18-14(19)12-15(17,9-10-16)13-7-5-4-6-8-13/h4-8H,2-3,9-12,17H2,1H3,(H,18,19). The second-order valence-electron chi connectivity index (χ2n) is 4.84. The number of carbonyl (C=O) groups excluding carboxylic acids is 1. The Labute approximate surface area is 120 Å². The van der Waals surface area contributed by atoms with Crippen LogP contribution in [-0.4, -0.2) is 18.3 Å². The molecule has 0 heterocycles. The van der Waals surface area contributed by atoms with Crippen molar-refractivity contribution in [2.75, 3.05) is 12.4 Å². The minimum Gasteiger partial charge on any atom is -0.356 e. The molecule has 0 bridgehead atoms. The van der Waals surface area contributed by atoms with E-state index in [2.05, 4.69) is 12.2 Å². The predicted molar refractivity (Wildman–Crippen MR) is 80.2 cm³/mol. The van der Waals surface area contributed by atoms with Gasteiger partial charge in [-0.25, -0.2) is 0 Å². The number of nitrogens with one attached hydrogen (secondary N) is 1. The van der Waals surface area contributed by atoms with Gasteiger partial charge in [0.1, 0.15) is 0 Å². The third-order valence-electron chi connectivity index (χ3n) is 3.22. The summed E-state index contributed by atoms with van der Waals surface area (Å²) >= 11 is 5.83. The Morgan fingerprint density at radius 3 is 2.63 bits per heavy atom. The smallest absolute Gasteiger partial charge is 0.222 e. The first kappa shape index (κ1) is 16.0. The molecule has 0 radical (unpaired) electrons. The monoisotopic (exact) mass is 282 g/mol. The van der Waals surface area contributed by atoms with E-state index >= 15 is 0 Å². The molecule has 1 aromatic carbocycles. The van der Waals surface area contributed by atoms with Crippen molar-refractivity contribution in [2.45, 2.75) is 38.1 Å². The lowest BCUT2D eigenvalue weighted by molar-refractivity contribution is -0.122. The zero-order valence-electron chi connectivity index (χ0n) is 11.5. The maximum absolute atomic E-state index is 11.9. The molecule has 4 heteroatoms. The van der Waals surface area contributed by atoms with E-state index in [1.54, 1.807) is 0 Å². The van der Waals surface area contributed by atoms with Crippen LogP contribution in [0.1, 0.15) is 38.2 Å². The third-order valence-corrected chi connectivity index (χ3v) is 3.41. The van der Waals surface area contributed by atoms with Gasteiger partial charge in [0.15, 0.2) is 0 Å². The molecular formula is C15H23ClN2O. The number of halogens is 1. The second kappa shape index (κ2) is 8.18. The van der Waals surface area contributed by atoms with E-state index in [-0.39, 0.29) is 12.3 Å². The van der Waals surface area contributed by atoms with Crippen molar-refractivity contribution in [3.8, 4) is 0 Å². The van der Waals surface area contributed by atoms with E-state index in [1.807, 2.05) is 30.3 Å². The lowest BCUT2D eigenvalue weighted by Crippen LogP contribution is -2.42. The fourth-order valence-electron chi connectivity index (χ4n) is 2.03. The largest absolute Gasteiger partial charge is 0.356 e. The van der Waals surface area contributed by atoms with Gasteiger partial charge in [-0.3, -0.25) is 4.79 Å². The number of carbonyl (C=O) groups is 1. The third kappa shape index (κ3) is 5.21. The Morgan fingerprint density at radius 1 is 1.37 bits per heavy atom. The highest BCUT2D eigenvalue weighted by Gasteiger charge is 2.29. The maximum Gasteiger partial charge on any atom is 0.222 e. The van der Waals surface area contributed by atoms with Crippen LogP contribution < -0.4 is 11.1 Å². The summed E-state index contributed by atoms with van der Waals surface area (Å²) in [5.74, 6) is 0.429. The van der Waals surface area contributed by atoms with Gasteiger partial charge in [-0.05, 0) is 18.4 Å². The van der Waals surface area contributed by atoms with Crippen molar-refractivity contribution in [3.05, 3.63) is 35.9 Å². The van der Waals surface area contributed by atoms with Crippen LogP contribution in [0.15, 0.2) is 30.3 Å². The highest BCUT2D eigenvalue weighted by Crippen LogP contribution is 2.26. The van der Waals surface area contributed by atoms with Crippen LogP contribution in [-0.2, 0) is 10.3 Å². The van der Waals surface area contributed by atoms with Crippen LogP contribution in [0.5, 0.6) is 0 Å². The predicted octanol–water partition coefficient (Wildman–Crippen LogP) is 2.78. The van der Waals surface area contributed by atoms with Crippen molar-refractivity contribution in [2.24, 2.45) is 5.73 Å². The van der Waals surface area contributed by atoms with Gasteiger partial charge in [0.2, 0.25) is 5.91 Å². The topological polar surface area (TPSA) is 55.1 Å². The van der Waals surface area contributed by atoms with E-state index in [0.717, 1.165) is 18.4 Å². The summed E-state index contributed by atoms with van der Waals surface area (Å²) in [4.78, 5) is 11.9. The molecule has 3 nitrogen and oxygen atoms in total. The number of hydrogen-bond acceptors (Lipinski definition) is 2. The average molecular weight is 283 g/mol. The number of benzene rings is 1. The van der Waals surface area contributed by atoms with Crippen molar-refractivity contribution in [3.63, 3.8) is 0 Å². The molecular weight excluding hydrogens is 260 g/mol. The number of alkyl halides is 1. The van der Waals surface area contributed by atoms with Crippen molar-refractivity contribution < 1.29 is 4.79 Å². The van der Waals surface area contributed by atoms with Gasteiger partial charge < -0.3 is 11.1 Å². The molecule has 1 atom stereocenters. The zero-order chi connectivity index (χ0) is 14.1. The number of nitrogens with two attached hydrogens (primary N) is 1. The number of hydrogen-bond donors (Lipinski definition) is 2. The number of unbranched alkanes of at least 4 members (excludes halogenated alkanes) is 1. The summed E-state index contributed by atoms with van der Waals surface area (Å²) in [6, 6.07) is 9.70. The molecule has 1 aromatic rings. The lowest BCUT2D eigenvalue weighted by atomic mass is 9.85. The quantitative estimate of drug-likeness (QED) is 0.569.